The fourth-order valence-corrected chi connectivity index (χ4v) is 2.66. The predicted molar refractivity (Wildman–Crippen MR) is 105 cm³/mol. The number of methoxy groups -OCH3 is 3. The summed E-state index contributed by atoms with van der Waals surface area (Å²) in [6, 6.07) is 11.1. The quantitative estimate of drug-likeness (QED) is 0.680. The molecule has 2 rings (SSSR count). The number of hydrogen-bond acceptors (Lipinski definition) is 5. The number of nitrogens with one attached hydrogen (secondary N) is 1. The lowest BCUT2D eigenvalue weighted by molar-refractivity contribution is -0.116. The minimum atomic E-state index is -0.0868. The van der Waals surface area contributed by atoms with E-state index in [9.17, 15) is 4.79 Å². The van der Waals surface area contributed by atoms with Crippen LogP contribution in [-0.4, -0.2) is 33.8 Å². The van der Waals surface area contributed by atoms with Crippen LogP contribution in [0, 0.1) is 0 Å². The summed E-state index contributed by atoms with van der Waals surface area (Å²) in [7, 11) is 4.70. The molecule has 146 valence electrons. The molecule has 0 heterocycles. The molecule has 27 heavy (non-hydrogen) atoms. The number of aryl methyl sites for hydroxylation is 1. The molecule has 0 saturated heterocycles. The molecule has 0 unspecified atom stereocenters. The van der Waals surface area contributed by atoms with Gasteiger partial charge >= 0.3 is 0 Å². The van der Waals surface area contributed by atoms with Gasteiger partial charge in [0.05, 0.1) is 33.6 Å². The Morgan fingerprint density at radius 2 is 1.63 bits per heavy atom. The van der Waals surface area contributed by atoms with Crippen molar-refractivity contribution < 1.29 is 23.7 Å². The average Bonchev–Trinajstić information content (AvgIpc) is 2.70. The molecule has 0 spiro atoms. The fraction of sp³-hybridized carbons (Fsp3) is 0.381. The Balaban J connectivity index is 2.04. The third kappa shape index (κ3) is 5.54. The zero-order valence-corrected chi connectivity index (χ0v) is 16.3. The number of carbonyl (C=O) groups is 1. The van der Waals surface area contributed by atoms with Gasteiger partial charge in [0.15, 0.2) is 11.5 Å². The van der Waals surface area contributed by atoms with Crippen molar-refractivity contribution in [2.75, 3.05) is 33.3 Å². The van der Waals surface area contributed by atoms with Crippen LogP contribution in [0.5, 0.6) is 23.0 Å². The summed E-state index contributed by atoms with van der Waals surface area (Å²) in [5.74, 6) is 2.28. The molecule has 2 aromatic carbocycles. The van der Waals surface area contributed by atoms with Gasteiger partial charge in [0.2, 0.25) is 11.7 Å². The molecule has 0 aliphatic rings. The van der Waals surface area contributed by atoms with Gasteiger partial charge in [-0.2, -0.15) is 0 Å². The van der Waals surface area contributed by atoms with E-state index in [0.717, 1.165) is 12.0 Å². The molecular weight excluding hydrogens is 346 g/mol. The monoisotopic (exact) mass is 373 g/mol. The Labute approximate surface area is 160 Å². The Morgan fingerprint density at radius 1 is 0.963 bits per heavy atom. The van der Waals surface area contributed by atoms with Crippen LogP contribution in [-0.2, 0) is 11.2 Å². The molecule has 0 bridgehead atoms. The number of ether oxygens (including phenoxy) is 4. The van der Waals surface area contributed by atoms with Gasteiger partial charge in [0, 0.05) is 6.42 Å². The molecule has 2 aromatic rings. The second kappa shape index (κ2) is 10.3. The van der Waals surface area contributed by atoms with Crippen molar-refractivity contribution in [3.63, 3.8) is 0 Å². The highest BCUT2D eigenvalue weighted by atomic mass is 16.5. The van der Waals surface area contributed by atoms with E-state index < -0.39 is 0 Å². The van der Waals surface area contributed by atoms with Gasteiger partial charge in [-0.25, -0.2) is 0 Å². The zero-order chi connectivity index (χ0) is 19.6. The summed E-state index contributed by atoms with van der Waals surface area (Å²) in [5, 5.41) is 2.92. The van der Waals surface area contributed by atoms with Crippen LogP contribution in [0.4, 0.5) is 5.69 Å². The van der Waals surface area contributed by atoms with E-state index in [2.05, 4.69) is 5.32 Å². The van der Waals surface area contributed by atoms with Gasteiger partial charge in [0.25, 0.3) is 0 Å². The number of amides is 1. The molecule has 0 atom stereocenters. The largest absolute Gasteiger partial charge is 0.493 e. The summed E-state index contributed by atoms with van der Waals surface area (Å²) >= 11 is 0. The fourth-order valence-electron chi connectivity index (χ4n) is 2.66. The maximum atomic E-state index is 12.4. The molecule has 0 radical (unpaired) electrons. The first-order valence-corrected chi connectivity index (χ1v) is 8.93. The van der Waals surface area contributed by atoms with Crippen molar-refractivity contribution in [1.82, 2.24) is 0 Å². The van der Waals surface area contributed by atoms with Crippen molar-refractivity contribution in [3.05, 3.63) is 42.0 Å². The molecule has 0 aromatic heterocycles. The second-order valence-corrected chi connectivity index (χ2v) is 5.93. The third-order valence-corrected chi connectivity index (χ3v) is 3.99. The van der Waals surface area contributed by atoms with Crippen LogP contribution in [0.15, 0.2) is 36.4 Å². The van der Waals surface area contributed by atoms with Crippen LogP contribution in [0.1, 0.15) is 25.3 Å². The molecule has 0 saturated carbocycles. The standard InChI is InChI=1S/C21H27NO5/c1-5-12-27-17-9-7-6-8-16(17)22-20(23)11-10-15-13-18(24-2)21(26-4)19(14-15)25-3/h6-9,13-14H,5,10-12H2,1-4H3,(H,22,23). The average molecular weight is 373 g/mol. The molecular formula is C21H27NO5. The number of para-hydroxylation sites is 2. The Kier molecular flexibility index (Phi) is 7.79. The SMILES string of the molecule is CCCOc1ccccc1NC(=O)CCc1cc(OC)c(OC)c(OC)c1. The summed E-state index contributed by atoms with van der Waals surface area (Å²) in [5.41, 5.74) is 1.61. The van der Waals surface area contributed by atoms with Crippen molar-refractivity contribution in [1.29, 1.82) is 0 Å². The zero-order valence-electron chi connectivity index (χ0n) is 16.3. The van der Waals surface area contributed by atoms with Crippen LogP contribution < -0.4 is 24.3 Å². The van der Waals surface area contributed by atoms with Gasteiger partial charge < -0.3 is 24.3 Å². The minimum Gasteiger partial charge on any atom is -0.493 e. The molecule has 0 aliphatic heterocycles. The van der Waals surface area contributed by atoms with E-state index in [0.29, 0.717) is 48.1 Å². The summed E-state index contributed by atoms with van der Waals surface area (Å²) in [6.07, 6.45) is 1.77. The molecule has 1 amide bonds. The van der Waals surface area contributed by atoms with Crippen LogP contribution in [0.3, 0.4) is 0 Å². The first kappa shape index (κ1) is 20.4. The topological polar surface area (TPSA) is 66.0 Å². The molecule has 0 fully saturated rings. The van der Waals surface area contributed by atoms with Gasteiger partial charge in [-0.3, -0.25) is 4.79 Å². The summed E-state index contributed by atoms with van der Waals surface area (Å²) in [4.78, 5) is 12.4. The van der Waals surface area contributed by atoms with E-state index in [1.165, 1.54) is 0 Å². The van der Waals surface area contributed by atoms with Crippen molar-refractivity contribution in [3.8, 4) is 23.0 Å². The molecule has 1 N–H and O–H groups in total. The van der Waals surface area contributed by atoms with Crippen LogP contribution >= 0.6 is 0 Å². The first-order chi connectivity index (χ1) is 13.1. The Morgan fingerprint density at radius 3 is 2.22 bits per heavy atom. The normalized spacial score (nSPS) is 10.2. The van der Waals surface area contributed by atoms with E-state index in [-0.39, 0.29) is 5.91 Å². The predicted octanol–water partition coefficient (Wildman–Crippen LogP) is 4.07. The maximum absolute atomic E-state index is 12.4. The smallest absolute Gasteiger partial charge is 0.224 e. The first-order valence-electron chi connectivity index (χ1n) is 8.93. The highest BCUT2D eigenvalue weighted by molar-refractivity contribution is 5.92. The molecule has 6 heteroatoms. The van der Waals surface area contributed by atoms with E-state index >= 15 is 0 Å². The highest BCUT2D eigenvalue weighted by Crippen LogP contribution is 2.38. The van der Waals surface area contributed by atoms with Gasteiger partial charge in [0.1, 0.15) is 5.75 Å². The van der Waals surface area contributed by atoms with E-state index in [4.69, 9.17) is 18.9 Å². The number of anilines is 1. The van der Waals surface area contributed by atoms with Gasteiger partial charge in [-0.15, -0.1) is 0 Å². The number of hydrogen-bond donors (Lipinski definition) is 1. The second-order valence-electron chi connectivity index (χ2n) is 5.93. The minimum absolute atomic E-state index is 0.0868. The Bertz CT molecular complexity index is 735. The lowest BCUT2D eigenvalue weighted by Crippen LogP contribution is -2.13. The number of rotatable bonds is 10. The molecule has 0 aliphatic carbocycles. The summed E-state index contributed by atoms with van der Waals surface area (Å²) < 4.78 is 21.7. The molecule has 6 nitrogen and oxygen atoms in total. The van der Waals surface area contributed by atoms with Crippen LogP contribution in [0.25, 0.3) is 0 Å². The van der Waals surface area contributed by atoms with Crippen molar-refractivity contribution >= 4 is 11.6 Å². The Hall–Kier alpha value is -2.89. The lowest BCUT2D eigenvalue weighted by Gasteiger charge is -2.14. The van der Waals surface area contributed by atoms with E-state index in [1.807, 2.05) is 43.3 Å². The number of benzene rings is 2. The van der Waals surface area contributed by atoms with Crippen LogP contribution in [0.2, 0.25) is 0 Å². The highest BCUT2D eigenvalue weighted by Gasteiger charge is 2.14. The maximum Gasteiger partial charge on any atom is 0.224 e. The third-order valence-electron chi connectivity index (χ3n) is 3.99. The van der Waals surface area contributed by atoms with Crippen molar-refractivity contribution in [2.24, 2.45) is 0 Å². The van der Waals surface area contributed by atoms with Gasteiger partial charge in [-0.1, -0.05) is 19.1 Å². The van der Waals surface area contributed by atoms with Crippen molar-refractivity contribution in [2.45, 2.75) is 26.2 Å². The summed E-state index contributed by atoms with van der Waals surface area (Å²) in [6.45, 7) is 2.65. The number of carbonyl (C=O) groups excluding carboxylic acids is 1. The lowest BCUT2D eigenvalue weighted by atomic mass is 10.1. The van der Waals surface area contributed by atoms with Gasteiger partial charge in [-0.05, 0) is 42.7 Å². The van der Waals surface area contributed by atoms with E-state index in [1.54, 1.807) is 21.3 Å².